The molecule has 0 aromatic heterocycles. The summed E-state index contributed by atoms with van der Waals surface area (Å²) in [6, 6.07) is 0. The van der Waals surface area contributed by atoms with Gasteiger partial charge in [0, 0.05) is 0 Å². The van der Waals surface area contributed by atoms with Crippen LogP contribution in [-0.2, 0) is 32.0 Å². The van der Waals surface area contributed by atoms with Gasteiger partial charge in [0.2, 0.25) is 0 Å². The summed E-state index contributed by atoms with van der Waals surface area (Å²) < 4.78 is 15.6. The summed E-state index contributed by atoms with van der Waals surface area (Å²) in [7, 11) is -4.07. The van der Waals surface area contributed by atoms with Crippen LogP contribution in [0.5, 0.6) is 0 Å². The minimum absolute atomic E-state index is 1.55. The monoisotopic (exact) mass is 314 g/mol. The van der Waals surface area contributed by atoms with Gasteiger partial charge in [-0.2, -0.15) is 0 Å². The molecular weight excluding hydrogens is 308 g/mol. The van der Waals surface area contributed by atoms with Crippen molar-refractivity contribution in [2.75, 3.05) is 0 Å². The first-order valence-electron chi connectivity index (χ1n) is 1.76. The van der Waals surface area contributed by atoms with Crippen LogP contribution < -0.4 is 0 Å². The summed E-state index contributed by atoms with van der Waals surface area (Å²) in [6.07, 6.45) is 0. The normalized spacial score (nSPS) is 10.7. The Kier molecular flexibility index (Phi) is 3.62. The van der Waals surface area contributed by atoms with Gasteiger partial charge in [-0.25, -0.2) is 0 Å². The van der Waals surface area contributed by atoms with Crippen molar-refractivity contribution in [2.24, 2.45) is 0 Å². The van der Waals surface area contributed by atoms with Crippen LogP contribution in [0.4, 0.5) is 0 Å². The van der Waals surface area contributed by atoms with Gasteiger partial charge in [-0.15, -0.1) is 0 Å². The van der Waals surface area contributed by atoms with Gasteiger partial charge in [-0.05, 0) is 0 Å². The molecule has 0 aromatic rings. The van der Waals surface area contributed by atoms with Crippen molar-refractivity contribution in [3.8, 4) is 0 Å². The number of phosphoric acid groups is 1. The van der Waals surface area contributed by atoms with Crippen molar-refractivity contribution < 1.29 is 41.8 Å². The summed E-state index contributed by atoms with van der Waals surface area (Å²) >= 11 is -1.55. The Morgan fingerprint density at radius 1 is 1.71 bits per heavy atom. The van der Waals surface area contributed by atoms with Crippen LogP contribution in [0, 0.1) is 0 Å². The number of rotatable bonds is 2. The second kappa shape index (κ2) is 3.15. The predicted molar refractivity (Wildman–Crippen MR) is 19.0 cm³/mol. The fourth-order valence-electron chi connectivity index (χ4n) is 0.168. The van der Waals surface area contributed by atoms with E-state index in [4.69, 9.17) is 9.79 Å². The quantitative estimate of drug-likeness (QED) is 0.562. The second-order valence-electron chi connectivity index (χ2n) is 0.908. The van der Waals surface area contributed by atoms with E-state index in [1.54, 1.807) is 4.43 Å². The molecule has 0 aliphatic rings. The fourth-order valence-corrected chi connectivity index (χ4v) is 4.43. The van der Waals surface area contributed by atoms with Gasteiger partial charge in [0.25, 0.3) is 0 Å². The van der Waals surface area contributed by atoms with Crippen molar-refractivity contribution in [2.45, 2.75) is 4.43 Å². The van der Waals surface area contributed by atoms with Crippen molar-refractivity contribution in [1.82, 2.24) is 0 Å². The first-order chi connectivity index (χ1) is 3.06. The summed E-state index contributed by atoms with van der Waals surface area (Å²) in [4.78, 5) is 15.9. The van der Waals surface area contributed by atoms with Crippen LogP contribution in [0.3, 0.4) is 0 Å². The third kappa shape index (κ3) is 7.05. The Bertz CT molecular complexity index is 85.7. The molecule has 0 saturated heterocycles. The van der Waals surface area contributed by atoms with E-state index in [-0.39, 0.29) is 0 Å². The Morgan fingerprint density at radius 3 is 2.14 bits per heavy atom. The first kappa shape index (κ1) is 8.05. The number of hydrogen-bond acceptors (Lipinski definition) is 2. The van der Waals surface area contributed by atoms with Crippen LogP contribution in [0.1, 0.15) is 0 Å². The van der Waals surface area contributed by atoms with Gasteiger partial charge in [0.05, 0.1) is 0 Å². The maximum absolute atomic E-state index is 9.76. The van der Waals surface area contributed by atoms with Crippen LogP contribution in [0.15, 0.2) is 0 Å². The molecule has 0 aliphatic carbocycles. The van der Waals surface area contributed by atoms with Crippen LogP contribution in [0.25, 0.3) is 0 Å². The van der Waals surface area contributed by atoms with E-state index in [1.807, 2.05) is 0 Å². The molecule has 0 amide bonds. The Morgan fingerprint density at radius 2 is 2.14 bits per heavy atom. The SMILES string of the molecule is [CH3][Hg][O]P(=O)(O)O. The third-order valence-electron chi connectivity index (χ3n) is 0.297. The molecule has 0 spiro atoms. The molecule has 2 N–H and O–H groups in total. The van der Waals surface area contributed by atoms with Crippen molar-refractivity contribution in [3.05, 3.63) is 0 Å². The molecule has 0 aromatic carbocycles. The van der Waals surface area contributed by atoms with Gasteiger partial charge in [-0.1, -0.05) is 0 Å². The summed E-state index contributed by atoms with van der Waals surface area (Å²) in [5.41, 5.74) is 0. The van der Waals surface area contributed by atoms with Crippen LogP contribution in [0.2, 0.25) is 4.43 Å². The Labute approximate surface area is 54.2 Å². The Hall–Kier alpha value is 1.05. The molecule has 0 heterocycles. The maximum atomic E-state index is 9.76. The number of hydrogen-bond donors (Lipinski definition) is 2. The molecule has 0 atom stereocenters. The molecule has 0 rings (SSSR count). The van der Waals surface area contributed by atoms with Gasteiger partial charge in [0.15, 0.2) is 0 Å². The summed E-state index contributed by atoms with van der Waals surface area (Å²) in [5.74, 6) is 0. The van der Waals surface area contributed by atoms with E-state index in [1.165, 1.54) is 0 Å². The van der Waals surface area contributed by atoms with Gasteiger partial charge >= 0.3 is 54.1 Å². The third-order valence-corrected chi connectivity index (χ3v) is 7.83. The molecule has 40 valence electrons. The van der Waals surface area contributed by atoms with Crippen molar-refractivity contribution >= 4 is 7.82 Å². The topological polar surface area (TPSA) is 66.8 Å². The van der Waals surface area contributed by atoms with Gasteiger partial charge in [-0.3, -0.25) is 0 Å². The summed E-state index contributed by atoms with van der Waals surface area (Å²) in [6.45, 7) is 0. The molecular formula is CH5HgO4P. The molecule has 0 aliphatic heterocycles. The van der Waals surface area contributed by atoms with E-state index in [9.17, 15) is 4.57 Å². The Balaban J connectivity index is 3.36. The molecule has 0 radical (unpaired) electrons. The van der Waals surface area contributed by atoms with Crippen molar-refractivity contribution in [3.63, 3.8) is 0 Å². The molecule has 6 heteroatoms. The molecule has 0 fully saturated rings. The van der Waals surface area contributed by atoms with Gasteiger partial charge < -0.3 is 0 Å². The van der Waals surface area contributed by atoms with E-state index >= 15 is 0 Å². The average Bonchev–Trinajstić information content (AvgIpc) is 1.30. The standard InChI is InChI=1S/CH3.Hg.H3O4P/c;;1-5(2,3)4/h1H3;;(H3,1,2,3,4)/q;+1;/p-1. The molecule has 0 saturated carbocycles. The summed E-state index contributed by atoms with van der Waals surface area (Å²) in [5, 5.41) is 0. The molecule has 0 bridgehead atoms. The average molecular weight is 313 g/mol. The van der Waals surface area contributed by atoms with E-state index < -0.39 is 32.9 Å². The van der Waals surface area contributed by atoms with Gasteiger partial charge in [0.1, 0.15) is 0 Å². The molecule has 4 nitrogen and oxygen atoms in total. The minimum atomic E-state index is -4.07. The van der Waals surface area contributed by atoms with E-state index in [2.05, 4.69) is 2.43 Å². The first-order valence-corrected chi connectivity index (χ1v) is 11.0. The predicted octanol–water partition coefficient (Wildman–Crippen LogP) is 0.141. The molecule has 0 unspecified atom stereocenters. The molecule has 7 heavy (non-hydrogen) atoms. The zero-order valence-electron chi connectivity index (χ0n) is 3.87. The second-order valence-corrected chi connectivity index (χ2v) is 7.40. The zero-order valence-corrected chi connectivity index (χ0v) is 10.3. The van der Waals surface area contributed by atoms with E-state index in [0.29, 0.717) is 0 Å². The zero-order chi connectivity index (χ0) is 5.91. The van der Waals surface area contributed by atoms with E-state index in [0.717, 1.165) is 0 Å². The van der Waals surface area contributed by atoms with Crippen molar-refractivity contribution in [1.29, 1.82) is 0 Å². The van der Waals surface area contributed by atoms with Crippen LogP contribution in [-0.4, -0.2) is 9.79 Å². The fraction of sp³-hybridized carbons (Fsp3) is 1.00. The van der Waals surface area contributed by atoms with Crippen LogP contribution >= 0.6 is 7.82 Å².